The third-order valence-electron chi connectivity index (χ3n) is 2.47. The van der Waals surface area contributed by atoms with Crippen LogP contribution in [0.5, 0.6) is 0 Å². The number of nitrogens with zero attached hydrogens (tertiary/aromatic N) is 2. The Balaban J connectivity index is 2.43. The normalized spacial score (nSPS) is 26.2. The standard InChI is InChI=1S/C10H20N2O4P/c1-8-5-12(9(2)13)6-10(16-8)7-15-17(14)11(3)4/h8,10H,5-7H2,1-4H3/q+1. The van der Waals surface area contributed by atoms with E-state index < -0.39 is 8.18 Å². The Kier molecular flexibility index (Phi) is 5.46. The summed E-state index contributed by atoms with van der Waals surface area (Å²) in [5, 5.41) is 0. The molecule has 1 amide bonds. The van der Waals surface area contributed by atoms with Crippen molar-refractivity contribution in [2.24, 2.45) is 0 Å². The number of hydrogen-bond donors (Lipinski definition) is 0. The number of carbonyl (C=O) groups excluding carboxylic acids is 1. The van der Waals surface area contributed by atoms with E-state index in [1.54, 1.807) is 19.0 Å². The van der Waals surface area contributed by atoms with E-state index in [1.165, 1.54) is 11.6 Å². The van der Waals surface area contributed by atoms with Gasteiger partial charge in [0.1, 0.15) is 12.7 Å². The zero-order valence-electron chi connectivity index (χ0n) is 10.8. The van der Waals surface area contributed by atoms with E-state index in [1.807, 2.05) is 6.92 Å². The molecule has 1 aliphatic heterocycles. The van der Waals surface area contributed by atoms with Crippen molar-refractivity contribution in [2.75, 3.05) is 33.8 Å². The monoisotopic (exact) mass is 263 g/mol. The zero-order valence-corrected chi connectivity index (χ0v) is 11.6. The van der Waals surface area contributed by atoms with E-state index in [2.05, 4.69) is 0 Å². The topological polar surface area (TPSA) is 59.1 Å². The first-order valence-corrected chi connectivity index (χ1v) is 6.71. The SMILES string of the molecule is CC(=O)N1CC(C)OC(CO[P+](=O)N(C)C)C1. The van der Waals surface area contributed by atoms with Crippen LogP contribution in [0.25, 0.3) is 0 Å². The van der Waals surface area contributed by atoms with E-state index in [-0.39, 0.29) is 24.7 Å². The van der Waals surface area contributed by atoms with Crippen LogP contribution in [0.2, 0.25) is 0 Å². The van der Waals surface area contributed by atoms with Crippen molar-refractivity contribution in [3.8, 4) is 0 Å². The number of ether oxygens (including phenoxy) is 1. The summed E-state index contributed by atoms with van der Waals surface area (Å²) < 4.78 is 23.7. The van der Waals surface area contributed by atoms with Crippen LogP contribution < -0.4 is 0 Å². The Hall–Kier alpha value is -0.550. The van der Waals surface area contributed by atoms with Gasteiger partial charge >= 0.3 is 8.18 Å². The van der Waals surface area contributed by atoms with Gasteiger partial charge in [0.25, 0.3) is 0 Å². The molecule has 0 aliphatic carbocycles. The molecule has 0 N–H and O–H groups in total. The molecule has 0 bridgehead atoms. The first kappa shape index (κ1) is 14.5. The van der Waals surface area contributed by atoms with E-state index in [0.717, 1.165) is 0 Å². The van der Waals surface area contributed by atoms with Gasteiger partial charge in [-0.1, -0.05) is 4.67 Å². The summed E-state index contributed by atoms with van der Waals surface area (Å²) in [5.74, 6) is 0.0298. The minimum atomic E-state index is -1.81. The summed E-state index contributed by atoms with van der Waals surface area (Å²) in [6.07, 6.45) is -0.222. The first-order chi connectivity index (χ1) is 7.90. The molecule has 0 aromatic heterocycles. The van der Waals surface area contributed by atoms with Crippen LogP contribution >= 0.6 is 8.18 Å². The average Bonchev–Trinajstić information content (AvgIpc) is 2.24. The molecule has 0 aromatic rings. The smallest absolute Gasteiger partial charge is 0.369 e. The van der Waals surface area contributed by atoms with Crippen molar-refractivity contribution in [3.05, 3.63) is 0 Å². The third kappa shape index (κ3) is 4.68. The lowest BCUT2D eigenvalue weighted by Gasteiger charge is -2.35. The molecular formula is C10H20N2O4P+. The third-order valence-corrected chi connectivity index (χ3v) is 3.49. The maximum Gasteiger partial charge on any atom is 0.615 e. The average molecular weight is 263 g/mol. The highest BCUT2D eigenvalue weighted by molar-refractivity contribution is 7.36. The van der Waals surface area contributed by atoms with Gasteiger partial charge in [-0.05, 0) is 11.5 Å². The second-order valence-electron chi connectivity index (χ2n) is 4.37. The van der Waals surface area contributed by atoms with E-state index in [4.69, 9.17) is 9.26 Å². The summed E-state index contributed by atoms with van der Waals surface area (Å²) in [4.78, 5) is 13.0. The van der Waals surface area contributed by atoms with Crippen LogP contribution in [-0.2, 0) is 18.6 Å². The highest BCUT2D eigenvalue weighted by atomic mass is 31.1. The Morgan fingerprint density at radius 3 is 2.71 bits per heavy atom. The minimum Gasteiger partial charge on any atom is -0.369 e. The van der Waals surface area contributed by atoms with Gasteiger partial charge in [-0.2, -0.15) is 0 Å². The Morgan fingerprint density at radius 1 is 1.53 bits per heavy atom. The largest absolute Gasteiger partial charge is 0.615 e. The van der Waals surface area contributed by atoms with Crippen molar-refractivity contribution in [1.82, 2.24) is 9.57 Å². The van der Waals surface area contributed by atoms with E-state index in [9.17, 15) is 9.36 Å². The molecule has 3 atom stereocenters. The molecule has 1 aliphatic rings. The Bertz CT molecular complexity index is 298. The molecule has 3 unspecified atom stereocenters. The number of hydrogen-bond acceptors (Lipinski definition) is 4. The fourth-order valence-corrected chi connectivity index (χ4v) is 2.18. The second-order valence-corrected chi connectivity index (χ2v) is 5.91. The minimum absolute atomic E-state index is 0.0153. The lowest BCUT2D eigenvalue weighted by molar-refractivity contribution is -0.144. The lowest BCUT2D eigenvalue weighted by Crippen LogP contribution is -2.49. The van der Waals surface area contributed by atoms with Crippen LogP contribution in [0, 0.1) is 0 Å². The highest BCUT2D eigenvalue weighted by Crippen LogP contribution is 2.25. The molecular weight excluding hydrogens is 243 g/mol. The maximum absolute atomic E-state index is 11.4. The molecule has 0 radical (unpaired) electrons. The molecule has 1 saturated heterocycles. The van der Waals surface area contributed by atoms with Crippen LogP contribution in [-0.4, -0.2) is 61.5 Å². The number of amides is 1. The van der Waals surface area contributed by atoms with Crippen LogP contribution in [0.1, 0.15) is 13.8 Å². The Morgan fingerprint density at radius 2 is 2.18 bits per heavy atom. The van der Waals surface area contributed by atoms with Gasteiger partial charge in [0.15, 0.2) is 0 Å². The van der Waals surface area contributed by atoms with E-state index in [0.29, 0.717) is 13.1 Å². The summed E-state index contributed by atoms with van der Waals surface area (Å²) in [6.45, 7) is 4.79. The molecule has 6 nitrogen and oxygen atoms in total. The van der Waals surface area contributed by atoms with Gasteiger partial charge in [0.2, 0.25) is 5.91 Å². The summed E-state index contributed by atoms with van der Waals surface area (Å²) in [5.41, 5.74) is 0. The van der Waals surface area contributed by atoms with Crippen LogP contribution in [0.3, 0.4) is 0 Å². The van der Waals surface area contributed by atoms with E-state index >= 15 is 0 Å². The van der Waals surface area contributed by atoms with Gasteiger partial charge in [-0.15, -0.1) is 4.52 Å². The van der Waals surface area contributed by atoms with Crippen molar-refractivity contribution in [1.29, 1.82) is 0 Å². The molecule has 1 fully saturated rings. The molecule has 1 heterocycles. The highest BCUT2D eigenvalue weighted by Gasteiger charge is 2.31. The first-order valence-electron chi connectivity index (χ1n) is 5.58. The molecule has 0 spiro atoms. The van der Waals surface area contributed by atoms with Gasteiger partial charge in [-0.25, -0.2) is 0 Å². The molecule has 7 heteroatoms. The number of carbonyl (C=O) groups is 1. The van der Waals surface area contributed by atoms with Crippen LogP contribution in [0.4, 0.5) is 0 Å². The van der Waals surface area contributed by atoms with Gasteiger partial charge in [0, 0.05) is 34.1 Å². The van der Waals surface area contributed by atoms with Gasteiger partial charge in [0.05, 0.1) is 6.10 Å². The van der Waals surface area contributed by atoms with Crippen molar-refractivity contribution in [3.63, 3.8) is 0 Å². The van der Waals surface area contributed by atoms with Crippen molar-refractivity contribution >= 4 is 14.1 Å². The fourth-order valence-electron chi connectivity index (χ4n) is 1.66. The zero-order chi connectivity index (χ0) is 13.0. The summed E-state index contributed by atoms with van der Waals surface area (Å²) in [6, 6.07) is 0. The molecule has 0 aromatic carbocycles. The molecule has 0 saturated carbocycles. The molecule has 17 heavy (non-hydrogen) atoms. The lowest BCUT2D eigenvalue weighted by atomic mass is 10.2. The second kappa shape index (κ2) is 6.40. The predicted octanol–water partition coefficient (Wildman–Crippen LogP) is 0.858. The maximum atomic E-state index is 11.4. The fraction of sp³-hybridized carbons (Fsp3) is 0.900. The van der Waals surface area contributed by atoms with Crippen molar-refractivity contribution < 1.29 is 18.6 Å². The number of morpholine rings is 1. The van der Waals surface area contributed by atoms with Crippen LogP contribution in [0.15, 0.2) is 0 Å². The quantitative estimate of drug-likeness (QED) is 0.704. The molecule has 1 rings (SSSR count). The Labute approximate surface area is 103 Å². The van der Waals surface area contributed by atoms with Gasteiger partial charge < -0.3 is 9.64 Å². The predicted molar refractivity (Wildman–Crippen MR) is 63.8 cm³/mol. The number of rotatable bonds is 4. The molecule has 98 valence electrons. The van der Waals surface area contributed by atoms with Gasteiger partial charge in [-0.3, -0.25) is 4.79 Å². The summed E-state index contributed by atoms with van der Waals surface area (Å²) in [7, 11) is 1.56. The van der Waals surface area contributed by atoms with Crippen molar-refractivity contribution in [2.45, 2.75) is 26.1 Å². The summed E-state index contributed by atoms with van der Waals surface area (Å²) >= 11 is 0.